The molecule has 7 nitrogen and oxygen atoms in total. The zero-order valence-corrected chi connectivity index (χ0v) is 12.8. The topological polar surface area (TPSA) is 69.2 Å². The lowest BCUT2D eigenvalue weighted by Gasteiger charge is -2.32. The van der Waals surface area contributed by atoms with Gasteiger partial charge in [0, 0.05) is 25.2 Å². The van der Waals surface area contributed by atoms with Crippen molar-refractivity contribution in [3.8, 4) is 0 Å². The molecule has 1 saturated heterocycles. The molecule has 2 aliphatic rings. The zero-order chi connectivity index (χ0) is 14.9. The van der Waals surface area contributed by atoms with Gasteiger partial charge in [0.25, 0.3) is 0 Å². The molecule has 118 valence electrons. The van der Waals surface area contributed by atoms with Crippen molar-refractivity contribution >= 4 is 0 Å². The van der Waals surface area contributed by atoms with Crippen LogP contribution in [0.25, 0.3) is 0 Å². The van der Waals surface area contributed by atoms with Crippen molar-refractivity contribution in [2.75, 3.05) is 19.7 Å². The molecule has 7 heteroatoms. The summed E-state index contributed by atoms with van der Waals surface area (Å²) in [5.74, 6) is 2.12. The molecule has 2 fully saturated rings. The minimum absolute atomic E-state index is 0.155. The molecular formula is C15H21N5O2. The van der Waals surface area contributed by atoms with Crippen LogP contribution in [-0.4, -0.2) is 50.6 Å². The first kappa shape index (κ1) is 13.9. The van der Waals surface area contributed by atoms with E-state index in [-0.39, 0.29) is 6.10 Å². The third-order valence-corrected chi connectivity index (χ3v) is 4.15. The van der Waals surface area contributed by atoms with E-state index in [1.807, 2.05) is 24.0 Å². The molecule has 0 radical (unpaired) electrons. The molecule has 1 atom stereocenters. The maximum atomic E-state index is 5.85. The van der Waals surface area contributed by atoms with E-state index in [4.69, 9.17) is 9.26 Å². The number of aryl methyl sites for hydroxylation is 1. The van der Waals surface area contributed by atoms with Crippen LogP contribution >= 0.6 is 0 Å². The van der Waals surface area contributed by atoms with Crippen LogP contribution in [0.3, 0.4) is 0 Å². The van der Waals surface area contributed by atoms with Crippen LogP contribution in [0.2, 0.25) is 0 Å². The van der Waals surface area contributed by atoms with Gasteiger partial charge in [0.2, 0.25) is 5.89 Å². The Kier molecular flexibility index (Phi) is 3.67. The minimum atomic E-state index is 0.155. The molecule has 0 bridgehead atoms. The van der Waals surface area contributed by atoms with Gasteiger partial charge >= 0.3 is 0 Å². The second-order valence-corrected chi connectivity index (χ2v) is 6.29. The summed E-state index contributed by atoms with van der Waals surface area (Å²) in [7, 11) is 0. The van der Waals surface area contributed by atoms with E-state index < -0.39 is 0 Å². The van der Waals surface area contributed by atoms with Crippen LogP contribution < -0.4 is 0 Å². The molecule has 0 N–H and O–H groups in total. The molecule has 4 rings (SSSR count). The summed E-state index contributed by atoms with van der Waals surface area (Å²) in [5.41, 5.74) is 1.17. The Morgan fingerprint density at radius 1 is 1.36 bits per heavy atom. The van der Waals surface area contributed by atoms with Crippen LogP contribution in [0.15, 0.2) is 16.9 Å². The lowest BCUT2D eigenvalue weighted by Crippen LogP contribution is -2.43. The smallest absolute Gasteiger partial charge is 0.229 e. The predicted octanol–water partition coefficient (Wildman–Crippen LogP) is 1.35. The van der Waals surface area contributed by atoms with Crippen LogP contribution in [0.4, 0.5) is 0 Å². The molecular weight excluding hydrogens is 282 g/mol. The first-order valence-corrected chi connectivity index (χ1v) is 7.92. The summed E-state index contributed by atoms with van der Waals surface area (Å²) in [6.07, 6.45) is 6.44. The monoisotopic (exact) mass is 303 g/mol. The van der Waals surface area contributed by atoms with Gasteiger partial charge in [-0.15, -0.1) is 0 Å². The zero-order valence-electron chi connectivity index (χ0n) is 12.8. The molecule has 1 aliphatic heterocycles. The van der Waals surface area contributed by atoms with Crippen molar-refractivity contribution in [2.45, 2.75) is 44.9 Å². The Balaban J connectivity index is 1.33. The minimum Gasteiger partial charge on any atom is -0.374 e. The van der Waals surface area contributed by atoms with Crippen molar-refractivity contribution in [1.29, 1.82) is 0 Å². The van der Waals surface area contributed by atoms with Crippen LogP contribution in [0.5, 0.6) is 0 Å². The Morgan fingerprint density at radius 3 is 3.05 bits per heavy atom. The third-order valence-electron chi connectivity index (χ3n) is 4.15. The quantitative estimate of drug-likeness (QED) is 0.830. The predicted molar refractivity (Wildman–Crippen MR) is 78.3 cm³/mol. The Hall–Kier alpha value is -1.73. The second kappa shape index (κ2) is 5.81. The van der Waals surface area contributed by atoms with Gasteiger partial charge < -0.3 is 9.26 Å². The van der Waals surface area contributed by atoms with Gasteiger partial charge in [-0.25, -0.2) is 0 Å². The van der Waals surface area contributed by atoms with Gasteiger partial charge in [0.1, 0.15) is 0 Å². The highest BCUT2D eigenvalue weighted by Crippen LogP contribution is 2.38. The van der Waals surface area contributed by atoms with Crippen molar-refractivity contribution < 1.29 is 9.26 Å². The lowest BCUT2D eigenvalue weighted by atomic mass is 10.2. The summed E-state index contributed by atoms with van der Waals surface area (Å²) in [6, 6.07) is 0. The van der Waals surface area contributed by atoms with E-state index in [0.717, 1.165) is 44.5 Å². The van der Waals surface area contributed by atoms with Crippen LogP contribution in [0.1, 0.15) is 36.0 Å². The number of ether oxygens (including phenoxy) is 1. The number of rotatable bonds is 5. The number of hydrogen-bond acceptors (Lipinski definition) is 6. The fourth-order valence-corrected chi connectivity index (χ4v) is 2.84. The third kappa shape index (κ3) is 3.20. The summed E-state index contributed by atoms with van der Waals surface area (Å²) in [4.78, 5) is 6.83. The molecule has 0 unspecified atom stereocenters. The summed E-state index contributed by atoms with van der Waals surface area (Å²) in [5, 5.41) is 8.42. The standard InChI is InChI=1S/C15H21N5O2/c1-11-6-16-20(7-11)9-13-8-19(4-5-21-13)10-14-17-15(22-18-14)12-2-3-12/h6-7,12-13H,2-5,8-10H2,1H3/t13-/m0/s1. The molecule has 22 heavy (non-hydrogen) atoms. The second-order valence-electron chi connectivity index (χ2n) is 6.29. The van der Waals surface area contributed by atoms with Gasteiger partial charge in [0.05, 0.1) is 32.0 Å². The van der Waals surface area contributed by atoms with Crippen LogP contribution in [-0.2, 0) is 17.8 Å². The molecule has 0 amide bonds. The highest BCUT2D eigenvalue weighted by atomic mass is 16.5. The molecule has 2 aromatic heterocycles. The summed E-state index contributed by atoms with van der Waals surface area (Å²) < 4.78 is 13.1. The largest absolute Gasteiger partial charge is 0.374 e. The van der Waals surface area contributed by atoms with Crippen LogP contribution in [0, 0.1) is 6.92 Å². The van der Waals surface area contributed by atoms with Crippen molar-refractivity contribution in [3.63, 3.8) is 0 Å². The molecule has 2 aromatic rings. The lowest BCUT2D eigenvalue weighted by molar-refractivity contribution is -0.0410. The van der Waals surface area contributed by atoms with Gasteiger partial charge in [-0.1, -0.05) is 5.16 Å². The Morgan fingerprint density at radius 2 is 2.27 bits per heavy atom. The molecule has 1 saturated carbocycles. The first-order chi connectivity index (χ1) is 10.8. The highest BCUT2D eigenvalue weighted by molar-refractivity contribution is 5.02. The van der Waals surface area contributed by atoms with E-state index in [1.165, 1.54) is 18.4 Å². The highest BCUT2D eigenvalue weighted by Gasteiger charge is 2.30. The van der Waals surface area contributed by atoms with E-state index in [2.05, 4.69) is 20.1 Å². The molecule has 0 aromatic carbocycles. The van der Waals surface area contributed by atoms with Crippen molar-refractivity contribution in [3.05, 3.63) is 29.7 Å². The average molecular weight is 303 g/mol. The molecule has 0 spiro atoms. The van der Waals surface area contributed by atoms with Gasteiger partial charge in [-0.2, -0.15) is 10.1 Å². The summed E-state index contributed by atoms with van der Waals surface area (Å²) in [6.45, 7) is 6.07. The molecule has 1 aliphatic carbocycles. The van der Waals surface area contributed by atoms with E-state index >= 15 is 0 Å². The van der Waals surface area contributed by atoms with Gasteiger partial charge in [0.15, 0.2) is 5.82 Å². The average Bonchev–Trinajstić information content (AvgIpc) is 3.13. The number of morpholine rings is 1. The SMILES string of the molecule is Cc1cnn(C[C@@H]2CN(Cc3noc(C4CC4)n3)CCO2)c1. The van der Waals surface area contributed by atoms with Crippen molar-refractivity contribution in [2.24, 2.45) is 0 Å². The fourth-order valence-electron chi connectivity index (χ4n) is 2.84. The fraction of sp³-hybridized carbons (Fsp3) is 0.667. The summed E-state index contributed by atoms with van der Waals surface area (Å²) >= 11 is 0. The van der Waals surface area contributed by atoms with Gasteiger partial charge in [-0.05, 0) is 25.3 Å². The van der Waals surface area contributed by atoms with E-state index in [1.54, 1.807) is 0 Å². The first-order valence-electron chi connectivity index (χ1n) is 7.92. The Labute approximate surface area is 129 Å². The Bertz CT molecular complexity index is 633. The van der Waals surface area contributed by atoms with E-state index in [0.29, 0.717) is 5.92 Å². The van der Waals surface area contributed by atoms with Gasteiger partial charge in [-0.3, -0.25) is 9.58 Å². The molecule has 3 heterocycles. The maximum absolute atomic E-state index is 5.85. The normalized spacial score (nSPS) is 23.0. The number of aromatic nitrogens is 4. The number of nitrogens with zero attached hydrogens (tertiary/aromatic N) is 5. The number of hydrogen-bond donors (Lipinski definition) is 0. The van der Waals surface area contributed by atoms with E-state index in [9.17, 15) is 0 Å². The maximum Gasteiger partial charge on any atom is 0.229 e. The van der Waals surface area contributed by atoms with Crippen molar-refractivity contribution in [1.82, 2.24) is 24.8 Å².